The maximum atomic E-state index is 14.2. The minimum Gasteiger partial charge on any atom is -0.497 e. The molecule has 9 heteroatoms. The Balaban J connectivity index is 1.84. The fraction of sp³-hybridized carbons (Fsp3) is 0.167. The average molecular weight is 455 g/mol. The number of ether oxygens (including phenoxy) is 1. The van der Waals surface area contributed by atoms with Gasteiger partial charge in [0.15, 0.2) is 0 Å². The zero-order valence-electron chi connectivity index (χ0n) is 17.8. The maximum absolute atomic E-state index is 14.2. The Hall–Kier alpha value is -4.01. The zero-order chi connectivity index (χ0) is 23.8. The predicted octanol–water partition coefficient (Wildman–Crippen LogP) is 5.79. The van der Waals surface area contributed by atoms with Crippen LogP contribution < -0.4 is 10.1 Å². The molecule has 4 rings (SSSR count). The van der Waals surface area contributed by atoms with Crippen molar-refractivity contribution in [2.75, 3.05) is 12.4 Å². The predicted molar refractivity (Wildman–Crippen MR) is 118 cm³/mol. The van der Waals surface area contributed by atoms with Crippen molar-refractivity contribution in [3.8, 4) is 5.75 Å². The first kappa shape index (κ1) is 22.2. The van der Waals surface area contributed by atoms with Crippen LogP contribution in [-0.4, -0.2) is 27.7 Å². The fourth-order valence-corrected chi connectivity index (χ4v) is 3.61. The van der Waals surface area contributed by atoms with Gasteiger partial charge in [0.05, 0.1) is 30.3 Å². The van der Waals surface area contributed by atoms with E-state index in [-0.39, 0.29) is 29.2 Å². The van der Waals surface area contributed by atoms with E-state index in [4.69, 9.17) is 4.74 Å². The molecule has 0 amide bonds. The van der Waals surface area contributed by atoms with Crippen LogP contribution in [0.3, 0.4) is 0 Å². The van der Waals surface area contributed by atoms with E-state index in [0.29, 0.717) is 22.5 Å². The smallest absolute Gasteiger partial charge is 0.335 e. The van der Waals surface area contributed by atoms with Crippen molar-refractivity contribution in [3.05, 3.63) is 83.2 Å². The molecule has 0 aliphatic carbocycles. The summed E-state index contributed by atoms with van der Waals surface area (Å²) in [6.07, 6.45) is 0. The first-order valence-corrected chi connectivity index (χ1v) is 9.97. The van der Waals surface area contributed by atoms with Crippen molar-refractivity contribution in [2.24, 2.45) is 0 Å². The molecule has 3 aromatic carbocycles. The number of aromatic carboxylic acids is 1. The third-order valence-corrected chi connectivity index (χ3v) is 5.21. The van der Waals surface area contributed by atoms with Crippen LogP contribution in [0, 0.1) is 5.82 Å². The molecule has 33 heavy (non-hydrogen) atoms. The summed E-state index contributed by atoms with van der Waals surface area (Å²) in [4.78, 5) is 15.9. The second kappa shape index (κ2) is 8.50. The molecule has 2 N–H and O–H groups in total. The summed E-state index contributed by atoms with van der Waals surface area (Å²) in [6, 6.07) is 14.5. The summed E-state index contributed by atoms with van der Waals surface area (Å²) in [7, 11) is 1.54. The van der Waals surface area contributed by atoms with Gasteiger partial charge in [-0.05, 0) is 66.2 Å². The topological polar surface area (TPSA) is 76.4 Å². The number of carboxylic acids is 1. The van der Waals surface area contributed by atoms with E-state index in [9.17, 15) is 23.1 Å². The molecule has 0 atom stereocenters. The Morgan fingerprint density at radius 3 is 2.48 bits per heavy atom. The fourth-order valence-electron chi connectivity index (χ4n) is 3.61. The van der Waals surface area contributed by atoms with Gasteiger partial charge in [-0.15, -0.1) is 0 Å². The third-order valence-electron chi connectivity index (χ3n) is 5.21. The molecule has 1 aromatic heterocycles. The monoisotopic (exact) mass is 455 g/mol. The number of nitrogens with one attached hydrogen (secondary N) is 1. The van der Waals surface area contributed by atoms with Gasteiger partial charge in [-0.3, -0.25) is 0 Å². The molecule has 0 unspecified atom stereocenters. The lowest BCUT2D eigenvalue weighted by Gasteiger charge is -2.18. The molecule has 0 aliphatic heterocycles. The number of halogens is 3. The lowest BCUT2D eigenvalue weighted by molar-refractivity contribution is 0.0164. The molecule has 0 saturated carbocycles. The summed E-state index contributed by atoms with van der Waals surface area (Å²) < 4.78 is 49.2. The highest BCUT2D eigenvalue weighted by molar-refractivity contribution is 5.93. The van der Waals surface area contributed by atoms with E-state index >= 15 is 0 Å². The molecule has 0 aliphatic rings. The maximum Gasteiger partial charge on any atom is 0.335 e. The standard InChI is InChI=1S/C24H20F3N3O3/c1-24(26,27)19-9-4-16(25)11-15(19)13-30-21-10-3-14(22(31)32)12-20(21)29-23(30)28-17-5-7-18(33-2)8-6-17/h3-12H,13H2,1-2H3,(H,28,29)(H,31,32). The van der Waals surface area contributed by atoms with Gasteiger partial charge in [0.25, 0.3) is 5.92 Å². The average Bonchev–Trinajstić information content (AvgIpc) is 3.09. The van der Waals surface area contributed by atoms with Gasteiger partial charge in [0.1, 0.15) is 11.6 Å². The van der Waals surface area contributed by atoms with Gasteiger partial charge in [-0.1, -0.05) is 0 Å². The van der Waals surface area contributed by atoms with Gasteiger partial charge in [0.2, 0.25) is 5.95 Å². The Labute approximate surface area is 187 Å². The number of carbonyl (C=O) groups is 1. The molecule has 0 saturated heterocycles. The van der Waals surface area contributed by atoms with Crippen LogP contribution >= 0.6 is 0 Å². The summed E-state index contributed by atoms with van der Waals surface area (Å²) in [6.45, 7) is 0.642. The number of anilines is 2. The number of benzene rings is 3. The number of hydrogen-bond donors (Lipinski definition) is 2. The van der Waals surface area contributed by atoms with Crippen LogP contribution in [0.5, 0.6) is 5.75 Å². The van der Waals surface area contributed by atoms with Crippen LogP contribution in [0.1, 0.15) is 28.4 Å². The van der Waals surface area contributed by atoms with Crippen LogP contribution in [0.2, 0.25) is 0 Å². The van der Waals surface area contributed by atoms with Crippen molar-refractivity contribution in [1.29, 1.82) is 0 Å². The lowest BCUT2D eigenvalue weighted by atomic mass is 10.0. The van der Waals surface area contributed by atoms with Crippen molar-refractivity contribution < 1.29 is 27.8 Å². The van der Waals surface area contributed by atoms with Crippen LogP contribution in [0.4, 0.5) is 24.8 Å². The molecular weight excluding hydrogens is 435 g/mol. The highest BCUT2D eigenvalue weighted by atomic mass is 19.3. The van der Waals surface area contributed by atoms with Gasteiger partial charge in [-0.25, -0.2) is 22.9 Å². The molecule has 170 valence electrons. The number of methoxy groups -OCH3 is 1. The van der Waals surface area contributed by atoms with Crippen LogP contribution in [0.25, 0.3) is 11.0 Å². The normalized spacial score (nSPS) is 11.5. The molecule has 4 aromatic rings. The number of alkyl halides is 2. The van der Waals surface area contributed by atoms with E-state index in [1.807, 2.05) is 0 Å². The SMILES string of the molecule is COc1ccc(Nc2nc3cc(C(=O)O)ccc3n2Cc2cc(F)ccc2C(C)(F)F)cc1. The number of rotatable bonds is 7. The van der Waals surface area contributed by atoms with Crippen molar-refractivity contribution in [3.63, 3.8) is 0 Å². The van der Waals surface area contributed by atoms with E-state index in [1.54, 1.807) is 42.0 Å². The van der Waals surface area contributed by atoms with E-state index in [1.165, 1.54) is 12.1 Å². The van der Waals surface area contributed by atoms with Crippen molar-refractivity contribution in [1.82, 2.24) is 9.55 Å². The lowest BCUT2D eigenvalue weighted by Crippen LogP contribution is -2.14. The van der Waals surface area contributed by atoms with Crippen LogP contribution in [-0.2, 0) is 12.5 Å². The molecule has 0 spiro atoms. The Bertz CT molecular complexity index is 1330. The summed E-state index contributed by atoms with van der Waals surface area (Å²) in [5, 5.41) is 12.4. The number of nitrogens with zero attached hydrogens (tertiary/aromatic N) is 2. The molecule has 0 bridgehead atoms. The first-order valence-electron chi connectivity index (χ1n) is 9.97. The second-order valence-corrected chi connectivity index (χ2v) is 7.57. The van der Waals surface area contributed by atoms with Crippen molar-refractivity contribution >= 4 is 28.6 Å². The van der Waals surface area contributed by atoms with Crippen molar-refractivity contribution in [2.45, 2.75) is 19.4 Å². The number of carboxylic acid groups (broad SMARTS) is 1. The molecule has 1 heterocycles. The molecule has 0 radical (unpaired) electrons. The summed E-state index contributed by atoms with van der Waals surface area (Å²) >= 11 is 0. The summed E-state index contributed by atoms with van der Waals surface area (Å²) in [5.41, 5.74) is 1.32. The highest BCUT2D eigenvalue weighted by Crippen LogP contribution is 2.33. The molecule has 0 fully saturated rings. The van der Waals surface area contributed by atoms with Gasteiger partial charge in [-0.2, -0.15) is 0 Å². The van der Waals surface area contributed by atoms with Gasteiger partial charge < -0.3 is 19.7 Å². The number of fused-ring (bicyclic) bond motifs is 1. The summed E-state index contributed by atoms with van der Waals surface area (Å²) in [5.74, 6) is -4.00. The quantitative estimate of drug-likeness (QED) is 0.369. The Morgan fingerprint density at radius 2 is 1.85 bits per heavy atom. The first-order chi connectivity index (χ1) is 15.7. The minimum atomic E-state index is -3.18. The molecule has 6 nitrogen and oxygen atoms in total. The van der Waals surface area contributed by atoms with Gasteiger partial charge in [0, 0.05) is 18.2 Å². The number of imidazole rings is 1. The van der Waals surface area contributed by atoms with Crippen LogP contribution in [0.15, 0.2) is 60.7 Å². The largest absolute Gasteiger partial charge is 0.497 e. The van der Waals surface area contributed by atoms with Gasteiger partial charge >= 0.3 is 5.97 Å². The zero-order valence-corrected chi connectivity index (χ0v) is 17.8. The van der Waals surface area contributed by atoms with E-state index in [2.05, 4.69) is 10.3 Å². The minimum absolute atomic E-state index is 0.0367. The number of hydrogen-bond acceptors (Lipinski definition) is 4. The third kappa shape index (κ3) is 4.62. The second-order valence-electron chi connectivity index (χ2n) is 7.57. The number of aromatic nitrogens is 2. The Kier molecular flexibility index (Phi) is 5.71. The molecular formula is C24H20F3N3O3. The van der Waals surface area contributed by atoms with E-state index in [0.717, 1.165) is 25.1 Å². The highest BCUT2D eigenvalue weighted by Gasteiger charge is 2.28. The Morgan fingerprint density at radius 1 is 1.12 bits per heavy atom. The van der Waals surface area contributed by atoms with E-state index < -0.39 is 17.7 Å².